The molecule has 0 aliphatic carbocycles. The number of hydrogen-bond acceptors (Lipinski definition) is 4. The fourth-order valence-corrected chi connectivity index (χ4v) is 2.27. The van der Waals surface area contributed by atoms with Crippen LogP contribution in [0.25, 0.3) is 10.9 Å². The Morgan fingerprint density at radius 1 is 1.17 bits per heavy atom. The van der Waals surface area contributed by atoms with Gasteiger partial charge in [-0.2, -0.15) is 5.10 Å². The van der Waals surface area contributed by atoms with Crippen molar-refractivity contribution in [2.75, 3.05) is 0 Å². The molecule has 0 fully saturated rings. The maximum Gasteiger partial charge on any atom is 0.287 e. The molecule has 1 aromatic heterocycles. The number of hydrazone groups is 1. The summed E-state index contributed by atoms with van der Waals surface area (Å²) in [6.07, 6.45) is 1.24. The number of fused-ring (bicyclic) bond motifs is 1. The van der Waals surface area contributed by atoms with E-state index < -0.39 is 5.91 Å². The van der Waals surface area contributed by atoms with Crippen LogP contribution < -0.4 is 5.43 Å². The quantitative estimate of drug-likeness (QED) is 0.338. The van der Waals surface area contributed by atoms with Crippen LogP contribution in [0.5, 0.6) is 11.5 Å². The fourth-order valence-electron chi connectivity index (χ4n) is 2.09. The van der Waals surface area contributed by atoms with Crippen molar-refractivity contribution in [1.29, 1.82) is 0 Å². The molecule has 0 aliphatic heterocycles. The number of nitrogens with one attached hydrogen (secondary N) is 2. The summed E-state index contributed by atoms with van der Waals surface area (Å²) < 4.78 is 0. The van der Waals surface area contributed by atoms with E-state index in [1.54, 1.807) is 24.3 Å². The molecular formula is C16H12ClN3O3. The van der Waals surface area contributed by atoms with Crippen molar-refractivity contribution in [3.63, 3.8) is 0 Å². The van der Waals surface area contributed by atoms with Crippen LogP contribution in [0.3, 0.4) is 0 Å². The molecule has 1 amide bonds. The van der Waals surface area contributed by atoms with Crippen molar-refractivity contribution < 1.29 is 15.0 Å². The number of phenolic OH excluding ortho intramolecular Hbond substituents is 2. The number of amides is 1. The van der Waals surface area contributed by atoms with Gasteiger partial charge in [0.15, 0.2) is 0 Å². The lowest BCUT2D eigenvalue weighted by molar-refractivity contribution is 0.0951. The first-order valence-electron chi connectivity index (χ1n) is 6.66. The van der Waals surface area contributed by atoms with Gasteiger partial charge < -0.3 is 15.2 Å². The molecule has 2 aromatic carbocycles. The summed E-state index contributed by atoms with van der Waals surface area (Å²) in [6.45, 7) is 0. The topological polar surface area (TPSA) is 97.7 Å². The number of carbonyl (C=O) groups excluding carboxylic acids is 1. The summed E-state index contributed by atoms with van der Waals surface area (Å²) in [5.41, 5.74) is 3.75. The molecule has 0 unspecified atom stereocenters. The van der Waals surface area contributed by atoms with E-state index in [0.717, 1.165) is 10.9 Å². The number of aromatic hydroxyl groups is 2. The molecule has 0 spiro atoms. The molecule has 3 rings (SSSR count). The number of nitrogens with zero attached hydrogens (tertiary/aromatic N) is 1. The third kappa shape index (κ3) is 3.27. The van der Waals surface area contributed by atoms with Gasteiger partial charge in [-0.3, -0.25) is 4.79 Å². The number of phenols is 2. The Morgan fingerprint density at radius 3 is 2.83 bits per heavy atom. The highest BCUT2D eigenvalue weighted by Gasteiger charge is 2.09. The first-order chi connectivity index (χ1) is 11.0. The smallest absolute Gasteiger partial charge is 0.287 e. The van der Waals surface area contributed by atoms with E-state index in [4.69, 9.17) is 11.6 Å². The average molecular weight is 330 g/mol. The highest BCUT2D eigenvalue weighted by atomic mass is 35.5. The van der Waals surface area contributed by atoms with Crippen LogP contribution >= 0.6 is 11.6 Å². The number of H-pyrrole nitrogens is 1. The first kappa shape index (κ1) is 14.9. The van der Waals surface area contributed by atoms with Crippen molar-refractivity contribution in [2.45, 2.75) is 0 Å². The summed E-state index contributed by atoms with van der Waals surface area (Å²) in [7, 11) is 0. The summed E-state index contributed by atoms with van der Waals surface area (Å²) in [5.74, 6) is -0.502. The maximum atomic E-state index is 12.0. The Balaban J connectivity index is 1.75. The summed E-state index contributed by atoms with van der Waals surface area (Å²) in [6, 6.07) is 10.9. The Labute approximate surface area is 136 Å². The number of halogens is 1. The molecular weight excluding hydrogens is 318 g/mol. The van der Waals surface area contributed by atoms with Crippen molar-refractivity contribution >= 4 is 34.6 Å². The molecule has 0 saturated carbocycles. The van der Waals surface area contributed by atoms with E-state index in [1.165, 1.54) is 24.4 Å². The molecule has 7 heteroatoms. The van der Waals surface area contributed by atoms with Gasteiger partial charge in [0, 0.05) is 21.5 Å². The van der Waals surface area contributed by atoms with Crippen LogP contribution in [-0.4, -0.2) is 27.3 Å². The Morgan fingerprint density at radius 2 is 2.00 bits per heavy atom. The van der Waals surface area contributed by atoms with Gasteiger partial charge in [-0.15, -0.1) is 0 Å². The zero-order valence-electron chi connectivity index (χ0n) is 11.7. The maximum absolute atomic E-state index is 12.0. The molecule has 0 atom stereocenters. The van der Waals surface area contributed by atoms with Gasteiger partial charge in [0.2, 0.25) is 0 Å². The zero-order chi connectivity index (χ0) is 16.4. The number of hydrogen-bond donors (Lipinski definition) is 4. The van der Waals surface area contributed by atoms with Gasteiger partial charge in [0.05, 0.1) is 6.21 Å². The molecule has 0 bridgehead atoms. The van der Waals surface area contributed by atoms with Gasteiger partial charge in [-0.25, -0.2) is 5.43 Å². The number of carbonyl (C=O) groups is 1. The predicted octanol–water partition coefficient (Wildman–Crippen LogP) is 3.00. The molecule has 4 N–H and O–H groups in total. The molecule has 0 radical (unpaired) electrons. The Hall–Kier alpha value is -2.99. The monoisotopic (exact) mass is 329 g/mol. The van der Waals surface area contributed by atoms with E-state index in [9.17, 15) is 15.0 Å². The van der Waals surface area contributed by atoms with Crippen LogP contribution in [0.2, 0.25) is 5.02 Å². The zero-order valence-corrected chi connectivity index (χ0v) is 12.5. The Bertz CT molecular complexity index is 918. The minimum absolute atomic E-state index is 0.0110. The van der Waals surface area contributed by atoms with Crippen molar-refractivity contribution in [2.24, 2.45) is 5.10 Å². The predicted molar refractivity (Wildman–Crippen MR) is 88.1 cm³/mol. The first-order valence-corrected chi connectivity index (χ1v) is 7.04. The number of aromatic nitrogens is 1. The second-order valence-corrected chi connectivity index (χ2v) is 5.29. The fraction of sp³-hybridized carbons (Fsp3) is 0. The minimum atomic E-state index is -0.437. The van der Waals surface area contributed by atoms with Gasteiger partial charge >= 0.3 is 0 Å². The van der Waals surface area contributed by atoms with Gasteiger partial charge in [-0.05, 0) is 42.5 Å². The lowest BCUT2D eigenvalue weighted by Crippen LogP contribution is -2.17. The highest BCUT2D eigenvalue weighted by Crippen LogP contribution is 2.21. The van der Waals surface area contributed by atoms with E-state index in [1.807, 2.05) is 0 Å². The van der Waals surface area contributed by atoms with E-state index in [-0.39, 0.29) is 17.1 Å². The number of benzene rings is 2. The Kier molecular flexibility index (Phi) is 3.91. The van der Waals surface area contributed by atoms with E-state index in [2.05, 4.69) is 15.5 Å². The van der Waals surface area contributed by atoms with Crippen LogP contribution in [0.1, 0.15) is 16.1 Å². The highest BCUT2D eigenvalue weighted by molar-refractivity contribution is 6.31. The van der Waals surface area contributed by atoms with Crippen molar-refractivity contribution in [3.8, 4) is 11.5 Å². The molecule has 3 aromatic rings. The standard InChI is InChI=1S/C16H12ClN3O3/c17-11-1-3-13-9(5-11)7-14(19-13)16(23)20-18-8-10-6-12(21)2-4-15(10)22/h1-8,19,21-22H,(H,20,23)/b18-8+. The number of aromatic amines is 1. The molecule has 0 saturated heterocycles. The summed E-state index contributed by atoms with van der Waals surface area (Å²) in [4.78, 5) is 15.0. The molecule has 6 nitrogen and oxygen atoms in total. The van der Waals surface area contributed by atoms with Gasteiger partial charge in [0.25, 0.3) is 5.91 Å². The van der Waals surface area contributed by atoms with Crippen LogP contribution in [0, 0.1) is 0 Å². The van der Waals surface area contributed by atoms with Crippen LogP contribution in [0.15, 0.2) is 47.6 Å². The SMILES string of the molecule is O=C(N/N=C/c1cc(O)ccc1O)c1cc2cc(Cl)ccc2[nH]1. The van der Waals surface area contributed by atoms with Crippen LogP contribution in [0.4, 0.5) is 0 Å². The summed E-state index contributed by atoms with van der Waals surface area (Å²) >= 11 is 5.90. The van der Waals surface area contributed by atoms with Crippen molar-refractivity contribution in [3.05, 3.63) is 58.7 Å². The van der Waals surface area contributed by atoms with Gasteiger partial charge in [0.1, 0.15) is 17.2 Å². The molecule has 1 heterocycles. The third-order valence-corrected chi connectivity index (χ3v) is 3.44. The van der Waals surface area contributed by atoms with Crippen molar-refractivity contribution in [1.82, 2.24) is 10.4 Å². The largest absolute Gasteiger partial charge is 0.508 e. The van der Waals surface area contributed by atoms with Crippen LogP contribution in [-0.2, 0) is 0 Å². The normalized spacial score (nSPS) is 11.2. The average Bonchev–Trinajstić information content (AvgIpc) is 2.93. The second kappa shape index (κ2) is 6.02. The summed E-state index contributed by atoms with van der Waals surface area (Å²) in [5, 5.41) is 24.1. The lowest BCUT2D eigenvalue weighted by atomic mass is 10.2. The van der Waals surface area contributed by atoms with E-state index >= 15 is 0 Å². The number of rotatable bonds is 3. The molecule has 116 valence electrons. The molecule has 0 aliphatic rings. The third-order valence-electron chi connectivity index (χ3n) is 3.21. The van der Waals surface area contributed by atoms with Gasteiger partial charge in [-0.1, -0.05) is 11.6 Å². The lowest BCUT2D eigenvalue weighted by Gasteiger charge is -2.00. The second-order valence-electron chi connectivity index (χ2n) is 4.86. The van der Waals surface area contributed by atoms with E-state index in [0.29, 0.717) is 10.7 Å². The molecule has 23 heavy (non-hydrogen) atoms. The minimum Gasteiger partial charge on any atom is -0.508 e.